The number of carbonyl (C=O) groups excluding carboxylic acids is 2. The van der Waals surface area contributed by atoms with Crippen molar-refractivity contribution in [3.05, 3.63) is 12.5 Å². The molecule has 0 rings (SSSR count). The summed E-state index contributed by atoms with van der Waals surface area (Å²) in [7, 11) is 0. The average molecular weight is 430 g/mol. The molecule has 0 aliphatic heterocycles. The summed E-state index contributed by atoms with van der Waals surface area (Å²) in [5, 5.41) is 14.5. The zero-order valence-corrected chi connectivity index (χ0v) is 19.3. The number of amides is 2. The second kappa shape index (κ2) is 13.0. The molecule has 0 fully saturated rings. The molecule has 174 valence electrons. The molecule has 0 saturated carbocycles. The topological polar surface area (TPSA) is 117 Å². The van der Waals surface area contributed by atoms with Gasteiger partial charge in [-0.2, -0.15) is 0 Å². The summed E-state index contributed by atoms with van der Waals surface area (Å²) in [6, 6.07) is 0. The number of rotatable bonds is 13. The van der Waals surface area contributed by atoms with E-state index in [1.54, 1.807) is 25.7 Å². The number of nitrogens with one attached hydrogen (secondary N) is 2. The van der Waals surface area contributed by atoms with Gasteiger partial charge < -0.3 is 30.1 Å². The van der Waals surface area contributed by atoms with Crippen molar-refractivity contribution in [3.8, 4) is 0 Å². The molecular weight excluding hydrogens is 390 g/mol. The smallest absolute Gasteiger partial charge is 0.407 e. The zero-order chi connectivity index (χ0) is 23.4. The molecule has 30 heavy (non-hydrogen) atoms. The van der Waals surface area contributed by atoms with Crippen LogP contribution in [0.2, 0.25) is 0 Å². The molecule has 0 aromatic heterocycles. The second-order valence-electron chi connectivity index (χ2n) is 8.97. The van der Waals surface area contributed by atoms with E-state index in [9.17, 15) is 14.4 Å². The van der Waals surface area contributed by atoms with Crippen LogP contribution in [0.1, 0.15) is 67.2 Å². The summed E-state index contributed by atoms with van der Waals surface area (Å²) in [6.07, 6.45) is 0.408. The van der Waals surface area contributed by atoms with Crippen LogP contribution in [-0.2, 0) is 19.1 Å². The Kier molecular flexibility index (Phi) is 11.9. The Hall–Kier alpha value is -2.45. The van der Waals surface area contributed by atoms with Crippen molar-refractivity contribution in [1.82, 2.24) is 15.5 Å². The SMILES string of the molecule is C=C(NCCCN(CCCNC(=O)OC(C)(C)C)C(=O)CCC(=O)O)OC(C)(C)C. The van der Waals surface area contributed by atoms with Crippen molar-refractivity contribution in [3.63, 3.8) is 0 Å². The van der Waals surface area contributed by atoms with Gasteiger partial charge in [-0.15, -0.1) is 0 Å². The molecule has 0 saturated heterocycles. The van der Waals surface area contributed by atoms with Gasteiger partial charge in [-0.1, -0.05) is 0 Å². The van der Waals surface area contributed by atoms with Gasteiger partial charge in [-0.3, -0.25) is 9.59 Å². The first-order valence-electron chi connectivity index (χ1n) is 10.3. The van der Waals surface area contributed by atoms with Crippen LogP contribution < -0.4 is 10.6 Å². The fraction of sp³-hybridized carbons (Fsp3) is 0.762. The predicted molar refractivity (Wildman–Crippen MR) is 115 cm³/mol. The molecule has 0 heterocycles. The normalized spacial score (nSPS) is 11.4. The van der Waals surface area contributed by atoms with Crippen LogP contribution in [-0.4, -0.2) is 65.4 Å². The molecule has 9 heteroatoms. The number of nitrogens with zero attached hydrogens (tertiary/aromatic N) is 1. The molecule has 0 atom stereocenters. The zero-order valence-electron chi connectivity index (χ0n) is 19.3. The predicted octanol–water partition coefficient (Wildman–Crippen LogP) is 2.86. The van der Waals surface area contributed by atoms with Gasteiger partial charge in [0.05, 0.1) is 6.42 Å². The van der Waals surface area contributed by atoms with E-state index in [4.69, 9.17) is 14.6 Å². The molecule has 0 aliphatic rings. The number of alkyl carbamates (subject to hydrolysis) is 1. The highest BCUT2D eigenvalue weighted by Crippen LogP contribution is 2.10. The van der Waals surface area contributed by atoms with E-state index in [0.29, 0.717) is 44.9 Å². The quantitative estimate of drug-likeness (QED) is 0.304. The summed E-state index contributed by atoms with van der Waals surface area (Å²) < 4.78 is 10.8. The molecule has 2 amide bonds. The Morgan fingerprint density at radius 1 is 0.867 bits per heavy atom. The maximum absolute atomic E-state index is 12.4. The summed E-state index contributed by atoms with van der Waals surface area (Å²) in [4.78, 5) is 36.4. The lowest BCUT2D eigenvalue weighted by Gasteiger charge is -2.25. The van der Waals surface area contributed by atoms with Crippen LogP contribution in [0, 0.1) is 0 Å². The third kappa shape index (κ3) is 16.5. The Balaban J connectivity index is 4.44. The van der Waals surface area contributed by atoms with E-state index in [-0.39, 0.29) is 24.3 Å². The minimum atomic E-state index is -1.01. The van der Waals surface area contributed by atoms with Crippen LogP contribution in [0.4, 0.5) is 4.79 Å². The Bertz CT molecular complexity index is 542. The lowest BCUT2D eigenvalue weighted by atomic mass is 10.2. The van der Waals surface area contributed by atoms with Crippen molar-refractivity contribution >= 4 is 18.0 Å². The van der Waals surface area contributed by atoms with Crippen molar-refractivity contribution in [2.75, 3.05) is 26.2 Å². The van der Waals surface area contributed by atoms with Crippen molar-refractivity contribution in [2.24, 2.45) is 0 Å². The van der Waals surface area contributed by atoms with Crippen LogP contribution >= 0.6 is 0 Å². The number of ether oxygens (including phenoxy) is 2. The number of hydrogen-bond acceptors (Lipinski definition) is 6. The molecular formula is C21H39N3O6. The molecule has 0 aromatic rings. The summed E-state index contributed by atoms with van der Waals surface area (Å²) in [6.45, 7) is 16.7. The van der Waals surface area contributed by atoms with Crippen molar-refractivity contribution < 1.29 is 29.0 Å². The summed E-state index contributed by atoms with van der Waals surface area (Å²) in [5.74, 6) is -0.764. The number of hydrogen-bond donors (Lipinski definition) is 3. The molecule has 3 N–H and O–H groups in total. The van der Waals surface area contributed by atoms with E-state index in [0.717, 1.165) is 0 Å². The highest BCUT2D eigenvalue weighted by molar-refractivity contribution is 5.80. The lowest BCUT2D eigenvalue weighted by molar-refractivity contribution is -0.141. The highest BCUT2D eigenvalue weighted by atomic mass is 16.6. The van der Waals surface area contributed by atoms with Gasteiger partial charge >= 0.3 is 12.1 Å². The van der Waals surface area contributed by atoms with Crippen LogP contribution in [0.5, 0.6) is 0 Å². The first kappa shape index (κ1) is 27.5. The molecule has 0 unspecified atom stereocenters. The summed E-state index contributed by atoms with van der Waals surface area (Å²) >= 11 is 0. The maximum atomic E-state index is 12.4. The van der Waals surface area contributed by atoms with Crippen LogP contribution in [0.3, 0.4) is 0 Å². The maximum Gasteiger partial charge on any atom is 0.407 e. The van der Waals surface area contributed by atoms with E-state index in [2.05, 4.69) is 17.2 Å². The van der Waals surface area contributed by atoms with Gasteiger partial charge in [0.15, 0.2) is 5.88 Å². The number of carbonyl (C=O) groups is 3. The monoisotopic (exact) mass is 429 g/mol. The van der Waals surface area contributed by atoms with Gasteiger partial charge in [0.2, 0.25) is 5.91 Å². The van der Waals surface area contributed by atoms with Crippen molar-refractivity contribution in [1.29, 1.82) is 0 Å². The minimum absolute atomic E-state index is 0.0535. The fourth-order valence-corrected chi connectivity index (χ4v) is 2.41. The van der Waals surface area contributed by atoms with Gasteiger partial charge in [0.1, 0.15) is 11.2 Å². The standard InChI is InChI=1S/C21H39N3O6/c1-16(29-20(2,3)4)22-12-8-14-24(17(25)10-11-18(26)27)15-9-13-23-19(28)30-21(5,6)7/h22H,1,8-15H2,2-7H3,(H,23,28)(H,26,27). The van der Waals surface area contributed by atoms with E-state index < -0.39 is 17.7 Å². The lowest BCUT2D eigenvalue weighted by Crippen LogP contribution is -2.37. The first-order valence-corrected chi connectivity index (χ1v) is 10.3. The van der Waals surface area contributed by atoms with Crippen molar-refractivity contribution in [2.45, 2.75) is 78.4 Å². The highest BCUT2D eigenvalue weighted by Gasteiger charge is 2.17. The van der Waals surface area contributed by atoms with Gasteiger partial charge in [0, 0.05) is 32.6 Å². The molecule has 0 spiro atoms. The van der Waals surface area contributed by atoms with Crippen LogP contribution in [0.25, 0.3) is 0 Å². The Morgan fingerprint density at radius 3 is 1.83 bits per heavy atom. The van der Waals surface area contributed by atoms with Crippen LogP contribution in [0.15, 0.2) is 12.5 Å². The van der Waals surface area contributed by atoms with Gasteiger partial charge in [-0.05, 0) is 61.0 Å². The minimum Gasteiger partial charge on any atom is -0.481 e. The number of aliphatic carboxylic acids is 1. The molecule has 9 nitrogen and oxygen atoms in total. The molecule has 0 radical (unpaired) electrons. The largest absolute Gasteiger partial charge is 0.481 e. The fourth-order valence-electron chi connectivity index (χ4n) is 2.41. The van der Waals surface area contributed by atoms with E-state index in [1.807, 2.05) is 20.8 Å². The summed E-state index contributed by atoms with van der Waals surface area (Å²) in [5.41, 5.74) is -0.916. The van der Waals surface area contributed by atoms with Gasteiger partial charge in [-0.25, -0.2) is 4.79 Å². The average Bonchev–Trinajstić information content (AvgIpc) is 2.54. The Labute approximate surface area is 180 Å². The number of carboxylic acid groups (broad SMARTS) is 1. The second-order valence-corrected chi connectivity index (χ2v) is 8.97. The Morgan fingerprint density at radius 2 is 1.37 bits per heavy atom. The van der Waals surface area contributed by atoms with Gasteiger partial charge in [0.25, 0.3) is 0 Å². The van der Waals surface area contributed by atoms with E-state index >= 15 is 0 Å². The first-order chi connectivity index (χ1) is 13.7. The molecule has 0 bridgehead atoms. The third-order valence-electron chi connectivity index (χ3n) is 3.53. The molecule has 0 aliphatic carbocycles. The molecule has 0 aromatic carbocycles. The third-order valence-corrected chi connectivity index (χ3v) is 3.53. The van der Waals surface area contributed by atoms with E-state index in [1.165, 1.54) is 0 Å². The number of carboxylic acids is 1.